The minimum absolute atomic E-state index is 0.294. The Balaban J connectivity index is 0.000000300. The molecule has 3 heterocycles. The van der Waals surface area contributed by atoms with Gasteiger partial charge in [-0.1, -0.05) is 245 Å². The average molecular weight is 2010 g/mol. The molecule has 6 aromatic carbocycles. The van der Waals surface area contributed by atoms with Crippen LogP contribution in [-0.4, -0.2) is 109 Å². The van der Waals surface area contributed by atoms with Gasteiger partial charge in [-0.15, -0.1) is 0 Å². The van der Waals surface area contributed by atoms with E-state index < -0.39 is 0 Å². The highest BCUT2D eigenvalue weighted by Gasteiger charge is 2.24. The summed E-state index contributed by atoms with van der Waals surface area (Å²) in [4.78, 5) is 60.0. The molecule has 0 N–H and O–H groups in total. The normalized spacial score (nSPS) is 11.8. The molecule has 146 heavy (non-hydrogen) atoms. The highest BCUT2D eigenvalue weighted by Crippen LogP contribution is 2.40. The Hall–Kier alpha value is -11.3. The lowest BCUT2D eigenvalue weighted by atomic mass is 9.92. The zero-order valence-electron chi connectivity index (χ0n) is 91.2. The van der Waals surface area contributed by atoms with E-state index in [1.807, 2.05) is 24.5 Å². The molecule has 2 aromatic heterocycles. The zero-order valence-corrected chi connectivity index (χ0v) is 91.2. The fourth-order valence-electron chi connectivity index (χ4n) is 17.4. The van der Waals surface area contributed by atoms with Crippen molar-refractivity contribution >= 4 is 29.8 Å². The summed E-state index contributed by atoms with van der Waals surface area (Å²) in [5, 5.41) is 0. The van der Waals surface area contributed by atoms with Crippen LogP contribution in [0.25, 0.3) is 33.4 Å². The molecule has 0 aliphatic carbocycles. The van der Waals surface area contributed by atoms with E-state index in [1.165, 1.54) is 159 Å². The molecule has 0 spiro atoms. The van der Waals surface area contributed by atoms with Gasteiger partial charge in [0.2, 0.25) is 0 Å². The molecule has 1 atom stereocenters. The third kappa shape index (κ3) is 49.9. The summed E-state index contributed by atoms with van der Waals surface area (Å²) < 4.78 is 80.5. The van der Waals surface area contributed by atoms with Gasteiger partial charge in [-0.05, 0) is 339 Å². The Morgan fingerprint density at radius 1 is 0.288 bits per heavy atom. The van der Waals surface area contributed by atoms with Crippen LogP contribution < -0.4 is 28.4 Å². The largest absolute Gasteiger partial charge is 0.494 e. The van der Waals surface area contributed by atoms with Crippen molar-refractivity contribution in [2.75, 3.05) is 72.7 Å². The number of unbranched alkanes of at least 4 members (excludes halogenated alkanes) is 27. The monoisotopic (exact) mass is 2010 g/mol. The Labute approximate surface area is 876 Å². The second-order valence-electron chi connectivity index (χ2n) is 39.6. The second-order valence-corrected chi connectivity index (χ2v) is 39.6. The van der Waals surface area contributed by atoms with E-state index in [-0.39, 0.29) is 29.8 Å². The zero-order chi connectivity index (χ0) is 105. The maximum absolute atomic E-state index is 12.1. The maximum atomic E-state index is 12.1. The van der Waals surface area contributed by atoms with Crippen molar-refractivity contribution in [1.29, 1.82) is 0 Å². The molecular formula is C127H178O19. The number of aryl methyl sites for hydroxylation is 9. The van der Waals surface area contributed by atoms with Crippen LogP contribution in [0.3, 0.4) is 0 Å². The SMILES string of the molecule is C=C(C)C(=O)OCCCc1cc(-c2ccc(OCCCCCCCCCC)cc2C)cc(CCCOC(=O)C(=C)C)c1OCCCCCCC1CO1.C=C(C)C(=O)OCCCc1cc(-c2ccc(OCCCCCCCCCC)cc2C)cc(CCCOC(=O)C(=C)C)c1OCCCCCCc1ccoc1.C=C(C)C(=O)OCCCc1cc(-c2ccc(OCCCCCCCCCC)cc2C)ccc1OCc1ccoc1. The van der Waals surface area contributed by atoms with Crippen LogP contribution >= 0.6 is 0 Å². The highest BCUT2D eigenvalue weighted by atomic mass is 16.6. The number of rotatable bonds is 77. The quantitative estimate of drug-likeness (QED) is 0.0113. The minimum atomic E-state index is -0.377. The van der Waals surface area contributed by atoms with E-state index in [9.17, 15) is 24.0 Å². The smallest absolute Gasteiger partial charge is 0.333 e. The molecule has 1 unspecified atom stereocenters. The Morgan fingerprint density at radius 2 is 0.575 bits per heavy atom. The van der Waals surface area contributed by atoms with Gasteiger partial charge in [-0.25, -0.2) is 24.0 Å². The molecule has 0 amide bonds. The van der Waals surface area contributed by atoms with Gasteiger partial charge in [0.25, 0.3) is 0 Å². The van der Waals surface area contributed by atoms with Gasteiger partial charge in [0, 0.05) is 33.4 Å². The van der Waals surface area contributed by atoms with Crippen molar-refractivity contribution < 1.29 is 89.6 Å². The van der Waals surface area contributed by atoms with Crippen LogP contribution in [0.2, 0.25) is 0 Å². The lowest BCUT2D eigenvalue weighted by Gasteiger charge is -2.20. The van der Waals surface area contributed by atoms with Crippen LogP contribution in [-0.2, 0) is 97.5 Å². The van der Waals surface area contributed by atoms with Gasteiger partial charge >= 0.3 is 29.8 Å². The van der Waals surface area contributed by atoms with Crippen molar-refractivity contribution in [2.24, 2.45) is 0 Å². The topological polar surface area (TPSA) is 226 Å². The molecule has 1 aliphatic rings. The number of esters is 5. The predicted octanol–water partition coefficient (Wildman–Crippen LogP) is 32.5. The van der Waals surface area contributed by atoms with E-state index in [4.69, 9.17) is 65.7 Å². The van der Waals surface area contributed by atoms with Crippen molar-refractivity contribution in [1.82, 2.24) is 0 Å². The molecule has 1 saturated heterocycles. The number of hydrogen-bond acceptors (Lipinski definition) is 19. The number of epoxide rings is 1. The summed E-state index contributed by atoms with van der Waals surface area (Å²) >= 11 is 0. The molecule has 19 heteroatoms. The number of carbonyl (C=O) groups is 5. The summed E-state index contributed by atoms with van der Waals surface area (Å²) in [6, 6.07) is 38.1. The first-order valence-electron chi connectivity index (χ1n) is 55.2. The molecule has 0 radical (unpaired) electrons. The van der Waals surface area contributed by atoms with Crippen LogP contribution in [0.1, 0.15) is 355 Å². The summed E-state index contributed by atoms with van der Waals surface area (Å²) in [5.41, 5.74) is 19.8. The summed E-state index contributed by atoms with van der Waals surface area (Å²) in [7, 11) is 0. The molecule has 1 aliphatic heterocycles. The Bertz CT molecular complexity index is 5050. The molecule has 0 saturated carbocycles. The summed E-state index contributed by atoms with van der Waals surface area (Å²) in [5.74, 6) is 3.43. The Kier molecular flexibility index (Phi) is 60.7. The molecule has 800 valence electrons. The average Bonchev–Trinajstić information content (AvgIpc) is 0.831. The van der Waals surface area contributed by atoms with Crippen LogP contribution in [0.15, 0.2) is 204 Å². The predicted molar refractivity (Wildman–Crippen MR) is 592 cm³/mol. The van der Waals surface area contributed by atoms with Gasteiger partial charge in [0.05, 0.1) is 104 Å². The molecule has 9 rings (SSSR count). The standard InChI is InChI=1S/C47H66O7.C45H66O7.C35H46O5/c1-7-8-9-10-11-12-14-17-27-51-43-24-25-44(38(6)32-43)42-33-40(22-19-29-53-46(48)36(2)3)45(41(34-42)23-20-30-54-47(49)37(4)5)52-28-18-15-13-16-21-39-26-31-50-35-39;1-7-8-9-10-11-12-14-17-26-48-40-24-25-42(36(6)30-40)39-31-37(21-19-28-50-44(46)34(2)3)43(49-27-18-15-13-16-23-41-33-52-41)38(32-39)22-20-29-51-45(47)35(4)5;1-5-6-7-8-9-10-11-12-20-38-32-16-17-33(28(4)23-32)30-15-18-34(40-26-29-19-22-37-25-29)31(24-30)14-13-21-39-35(36)27(2)3/h24-26,31-35H,2,4,7-23,27-30H2,1,3,5-6H3;24-25,30-32,41H,2,4,7-23,26-29,33H2,1,3,5-6H3;15-19,22-25H,2,5-14,20-21,26H2,1,3-4H3. The van der Waals surface area contributed by atoms with E-state index in [1.54, 1.807) is 53.4 Å². The number of carbonyl (C=O) groups excluding carboxylic acids is 5. The van der Waals surface area contributed by atoms with E-state index >= 15 is 0 Å². The first-order chi connectivity index (χ1) is 70.9. The number of benzene rings is 6. The van der Waals surface area contributed by atoms with Gasteiger partial charge < -0.3 is 65.7 Å². The summed E-state index contributed by atoms with van der Waals surface area (Å²) in [6.45, 7) is 46.2. The highest BCUT2D eigenvalue weighted by molar-refractivity contribution is 5.89. The van der Waals surface area contributed by atoms with Gasteiger partial charge in [0.1, 0.15) is 41.1 Å². The maximum Gasteiger partial charge on any atom is 0.333 e. The van der Waals surface area contributed by atoms with Crippen molar-refractivity contribution in [3.8, 4) is 67.9 Å². The van der Waals surface area contributed by atoms with Crippen molar-refractivity contribution in [3.05, 3.63) is 251 Å². The lowest BCUT2D eigenvalue weighted by molar-refractivity contribution is -0.139. The third-order valence-electron chi connectivity index (χ3n) is 26.0. The van der Waals surface area contributed by atoms with Crippen LogP contribution in [0.4, 0.5) is 0 Å². The first kappa shape index (κ1) is 122. The van der Waals surface area contributed by atoms with Crippen LogP contribution in [0, 0.1) is 20.8 Å². The summed E-state index contributed by atoms with van der Waals surface area (Å²) in [6.07, 6.45) is 55.6. The lowest BCUT2D eigenvalue weighted by Crippen LogP contribution is -2.10. The van der Waals surface area contributed by atoms with Gasteiger partial charge in [-0.2, -0.15) is 0 Å². The fourth-order valence-corrected chi connectivity index (χ4v) is 17.4. The number of ether oxygens (including phenoxy) is 12. The van der Waals surface area contributed by atoms with E-state index in [0.717, 1.165) is 216 Å². The minimum Gasteiger partial charge on any atom is -0.494 e. The Morgan fingerprint density at radius 3 is 0.884 bits per heavy atom. The number of hydrogen-bond donors (Lipinski definition) is 0. The van der Waals surface area contributed by atoms with Crippen molar-refractivity contribution in [3.63, 3.8) is 0 Å². The second kappa shape index (κ2) is 72.9. The third-order valence-corrected chi connectivity index (χ3v) is 26.0. The van der Waals surface area contributed by atoms with Gasteiger partial charge in [-0.3, -0.25) is 0 Å². The fraction of sp³-hybridized carbons (Fsp3) is 0.535. The molecule has 19 nitrogen and oxygen atoms in total. The van der Waals surface area contributed by atoms with E-state index in [0.29, 0.717) is 145 Å². The molecular weight excluding hydrogens is 1830 g/mol. The van der Waals surface area contributed by atoms with Gasteiger partial charge in [0.15, 0.2) is 0 Å². The molecule has 8 aromatic rings. The van der Waals surface area contributed by atoms with Crippen molar-refractivity contribution in [2.45, 2.75) is 371 Å². The molecule has 0 bridgehead atoms. The molecule has 1 fully saturated rings. The number of furan rings is 2. The van der Waals surface area contributed by atoms with Crippen LogP contribution in [0.5, 0.6) is 34.5 Å². The van der Waals surface area contributed by atoms with E-state index in [2.05, 4.69) is 165 Å². The first-order valence-corrected chi connectivity index (χ1v) is 55.2.